The highest BCUT2D eigenvalue weighted by molar-refractivity contribution is 5.75. The zero-order valence-electron chi connectivity index (χ0n) is 15.0. The Balaban J connectivity index is 1.32. The molecule has 2 aliphatic heterocycles. The average Bonchev–Trinajstić information content (AvgIpc) is 2.65. The first kappa shape index (κ1) is 18.4. The third-order valence-corrected chi connectivity index (χ3v) is 5.25. The number of nitrogens with zero attached hydrogens (tertiary/aromatic N) is 1. The topological polar surface area (TPSA) is 61.8 Å². The lowest BCUT2D eigenvalue weighted by atomic mass is 9.97. The first-order valence-corrected chi connectivity index (χ1v) is 9.52. The molecule has 2 aliphatic rings. The summed E-state index contributed by atoms with van der Waals surface area (Å²) in [4.78, 5) is 14.2. The molecule has 0 aromatic heterocycles. The minimum absolute atomic E-state index is 0.0358. The van der Waals surface area contributed by atoms with Gasteiger partial charge in [-0.25, -0.2) is 0 Å². The van der Waals surface area contributed by atoms with Crippen LogP contribution in [0.15, 0.2) is 24.3 Å². The van der Waals surface area contributed by atoms with Crippen molar-refractivity contribution >= 4 is 5.91 Å². The largest absolute Gasteiger partial charge is 0.390 e. The molecular formula is C20H30N2O3. The number of carbonyl (C=O) groups excluding carboxylic acids is 1. The standard InChI is InChI=1S/C20H30N2O3/c23-19(12-21-20(24)8-7-16-4-3-11-25-15-16)14-22-10-9-17-5-1-2-6-18(17)13-22/h1-2,5-6,16,19,23H,3-4,7-15H2,(H,21,24). The van der Waals surface area contributed by atoms with Gasteiger partial charge >= 0.3 is 0 Å². The molecule has 0 saturated carbocycles. The minimum Gasteiger partial charge on any atom is -0.390 e. The van der Waals surface area contributed by atoms with E-state index in [1.807, 2.05) is 0 Å². The first-order valence-electron chi connectivity index (χ1n) is 9.52. The van der Waals surface area contributed by atoms with Crippen molar-refractivity contribution in [1.29, 1.82) is 0 Å². The maximum atomic E-state index is 12.0. The maximum Gasteiger partial charge on any atom is 0.220 e. The van der Waals surface area contributed by atoms with Crippen LogP contribution in [0.1, 0.15) is 36.8 Å². The van der Waals surface area contributed by atoms with Gasteiger partial charge in [-0.2, -0.15) is 0 Å². The van der Waals surface area contributed by atoms with E-state index in [-0.39, 0.29) is 5.91 Å². The molecule has 5 nitrogen and oxygen atoms in total. The molecule has 3 rings (SSSR count). The minimum atomic E-state index is -0.521. The zero-order valence-corrected chi connectivity index (χ0v) is 15.0. The number of aliphatic hydroxyl groups excluding tert-OH is 1. The van der Waals surface area contributed by atoms with Crippen LogP contribution in [-0.2, 0) is 22.5 Å². The van der Waals surface area contributed by atoms with E-state index >= 15 is 0 Å². The fourth-order valence-corrected chi connectivity index (χ4v) is 3.76. The van der Waals surface area contributed by atoms with E-state index in [9.17, 15) is 9.90 Å². The predicted molar refractivity (Wildman–Crippen MR) is 97.2 cm³/mol. The second-order valence-electron chi connectivity index (χ2n) is 7.33. The number of β-amino-alcohol motifs (C(OH)–C–C–N with tert-alkyl or cyclic N) is 1. The Morgan fingerprint density at radius 3 is 3.00 bits per heavy atom. The molecule has 1 saturated heterocycles. The molecule has 1 fully saturated rings. The van der Waals surface area contributed by atoms with Crippen LogP contribution >= 0.6 is 0 Å². The molecule has 0 aliphatic carbocycles. The van der Waals surface area contributed by atoms with Crippen LogP contribution in [-0.4, -0.2) is 54.9 Å². The highest BCUT2D eigenvalue weighted by atomic mass is 16.5. The van der Waals surface area contributed by atoms with Gasteiger partial charge in [-0.15, -0.1) is 0 Å². The Bertz CT molecular complexity index is 558. The van der Waals surface area contributed by atoms with Crippen molar-refractivity contribution in [3.05, 3.63) is 35.4 Å². The summed E-state index contributed by atoms with van der Waals surface area (Å²) in [6, 6.07) is 8.49. The van der Waals surface area contributed by atoms with Crippen LogP contribution in [0.2, 0.25) is 0 Å². The van der Waals surface area contributed by atoms with Crippen molar-refractivity contribution in [1.82, 2.24) is 10.2 Å². The van der Waals surface area contributed by atoms with Crippen LogP contribution in [0.5, 0.6) is 0 Å². The van der Waals surface area contributed by atoms with E-state index in [0.29, 0.717) is 25.4 Å². The molecule has 1 aromatic carbocycles. The normalized spacial score (nSPS) is 22.2. The van der Waals surface area contributed by atoms with Crippen molar-refractivity contribution < 1.29 is 14.6 Å². The summed E-state index contributed by atoms with van der Waals surface area (Å²) in [5, 5.41) is 13.1. The molecule has 0 radical (unpaired) electrons. The Labute approximate surface area is 150 Å². The number of aliphatic hydroxyl groups is 1. The van der Waals surface area contributed by atoms with Crippen LogP contribution in [0.4, 0.5) is 0 Å². The summed E-state index contributed by atoms with van der Waals surface area (Å²) in [7, 11) is 0. The van der Waals surface area contributed by atoms with E-state index in [1.54, 1.807) is 0 Å². The molecule has 2 unspecified atom stereocenters. The summed E-state index contributed by atoms with van der Waals surface area (Å²) in [5.41, 5.74) is 2.76. The molecule has 5 heteroatoms. The third kappa shape index (κ3) is 5.80. The second kappa shape index (κ2) is 9.32. The predicted octanol–water partition coefficient (Wildman–Crippen LogP) is 1.73. The Hall–Kier alpha value is -1.43. The molecule has 25 heavy (non-hydrogen) atoms. The monoisotopic (exact) mass is 346 g/mol. The van der Waals surface area contributed by atoms with Gasteiger partial charge in [0.05, 0.1) is 6.10 Å². The smallest absolute Gasteiger partial charge is 0.220 e. The lowest BCUT2D eigenvalue weighted by molar-refractivity contribution is -0.122. The SMILES string of the molecule is O=C(CCC1CCCOC1)NCC(O)CN1CCc2ccccc2C1. The summed E-state index contributed by atoms with van der Waals surface area (Å²) >= 11 is 0. The number of hydrogen-bond donors (Lipinski definition) is 2. The molecule has 2 atom stereocenters. The van der Waals surface area contributed by atoms with E-state index in [0.717, 1.165) is 52.0 Å². The van der Waals surface area contributed by atoms with Gasteiger partial charge in [0.2, 0.25) is 5.91 Å². The van der Waals surface area contributed by atoms with Gasteiger partial charge in [-0.05, 0) is 42.7 Å². The Morgan fingerprint density at radius 2 is 2.20 bits per heavy atom. The highest BCUT2D eigenvalue weighted by Crippen LogP contribution is 2.19. The molecule has 1 amide bonds. The first-order chi connectivity index (χ1) is 12.2. The number of fused-ring (bicyclic) bond motifs is 1. The van der Waals surface area contributed by atoms with Gasteiger partial charge in [-0.3, -0.25) is 9.69 Å². The molecule has 1 aromatic rings. The number of ether oxygens (including phenoxy) is 1. The van der Waals surface area contributed by atoms with Crippen LogP contribution < -0.4 is 5.32 Å². The Morgan fingerprint density at radius 1 is 1.36 bits per heavy atom. The zero-order chi connectivity index (χ0) is 17.5. The summed E-state index contributed by atoms with van der Waals surface area (Å²) in [5.74, 6) is 0.548. The number of nitrogens with one attached hydrogen (secondary N) is 1. The number of benzene rings is 1. The molecule has 0 spiro atoms. The van der Waals surface area contributed by atoms with Crippen molar-refractivity contribution in [3.63, 3.8) is 0 Å². The van der Waals surface area contributed by atoms with E-state index in [2.05, 4.69) is 34.5 Å². The van der Waals surface area contributed by atoms with Crippen molar-refractivity contribution in [3.8, 4) is 0 Å². The number of hydrogen-bond acceptors (Lipinski definition) is 4. The van der Waals surface area contributed by atoms with Gasteiger partial charge in [0.1, 0.15) is 0 Å². The molecular weight excluding hydrogens is 316 g/mol. The highest BCUT2D eigenvalue weighted by Gasteiger charge is 2.19. The number of amides is 1. The van der Waals surface area contributed by atoms with Crippen molar-refractivity contribution in [2.45, 2.75) is 44.8 Å². The fourth-order valence-electron chi connectivity index (χ4n) is 3.76. The van der Waals surface area contributed by atoms with Gasteiger partial charge in [0, 0.05) is 45.8 Å². The third-order valence-electron chi connectivity index (χ3n) is 5.25. The lowest BCUT2D eigenvalue weighted by Crippen LogP contribution is -2.42. The number of carbonyl (C=O) groups is 1. The van der Waals surface area contributed by atoms with Gasteiger partial charge in [-0.1, -0.05) is 24.3 Å². The van der Waals surface area contributed by atoms with Crippen LogP contribution in [0, 0.1) is 5.92 Å². The van der Waals surface area contributed by atoms with Crippen molar-refractivity contribution in [2.75, 3.05) is 32.8 Å². The Kier molecular flexibility index (Phi) is 6.84. The van der Waals surface area contributed by atoms with E-state index in [4.69, 9.17) is 4.74 Å². The number of rotatable bonds is 7. The quantitative estimate of drug-likeness (QED) is 0.789. The summed E-state index contributed by atoms with van der Waals surface area (Å²) in [6.45, 7) is 4.41. The fraction of sp³-hybridized carbons (Fsp3) is 0.650. The lowest BCUT2D eigenvalue weighted by Gasteiger charge is -2.30. The summed E-state index contributed by atoms with van der Waals surface area (Å²) in [6.07, 6.45) is 4.17. The van der Waals surface area contributed by atoms with Crippen LogP contribution in [0.3, 0.4) is 0 Å². The summed E-state index contributed by atoms with van der Waals surface area (Å²) < 4.78 is 5.44. The van der Waals surface area contributed by atoms with Crippen molar-refractivity contribution in [2.24, 2.45) is 5.92 Å². The van der Waals surface area contributed by atoms with E-state index < -0.39 is 6.10 Å². The molecule has 2 N–H and O–H groups in total. The van der Waals surface area contributed by atoms with Gasteiger partial charge < -0.3 is 15.2 Å². The molecule has 0 bridgehead atoms. The molecule has 2 heterocycles. The van der Waals surface area contributed by atoms with Gasteiger partial charge in [0.15, 0.2) is 0 Å². The van der Waals surface area contributed by atoms with Gasteiger partial charge in [0.25, 0.3) is 0 Å². The second-order valence-corrected chi connectivity index (χ2v) is 7.33. The van der Waals surface area contributed by atoms with E-state index in [1.165, 1.54) is 11.1 Å². The maximum absolute atomic E-state index is 12.0. The van der Waals surface area contributed by atoms with Crippen LogP contribution in [0.25, 0.3) is 0 Å². The average molecular weight is 346 g/mol. The molecule has 138 valence electrons.